The fraction of sp³-hybridized carbons (Fsp3) is 0.400. The van der Waals surface area contributed by atoms with Crippen molar-refractivity contribution >= 4 is 0 Å². The molecule has 18 heavy (non-hydrogen) atoms. The number of benzene rings is 1. The molecule has 94 valence electrons. The van der Waals surface area contributed by atoms with E-state index in [2.05, 4.69) is 52.2 Å². The molecular weight excluding hydrogens is 222 g/mol. The summed E-state index contributed by atoms with van der Waals surface area (Å²) in [7, 11) is 2.08. The zero-order chi connectivity index (χ0) is 12.4. The molecule has 1 aromatic carbocycles. The first-order valence-corrected chi connectivity index (χ1v) is 6.58. The molecule has 1 N–H and O–H groups in total. The van der Waals surface area contributed by atoms with Gasteiger partial charge in [-0.15, -0.1) is 0 Å². The van der Waals surface area contributed by atoms with E-state index in [-0.39, 0.29) is 0 Å². The van der Waals surface area contributed by atoms with Crippen molar-refractivity contribution in [3.63, 3.8) is 0 Å². The molecule has 1 saturated heterocycles. The van der Waals surface area contributed by atoms with Gasteiger partial charge in [-0.1, -0.05) is 30.3 Å². The van der Waals surface area contributed by atoms with Crippen molar-refractivity contribution in [3.8, 4) is 0 Å². The average molecular weight is 241 g/mol. The van der Waals surface area contributed by atoms with Gasteiger partial charge < -0.3 is 9.88 Å². The van der Waals surface area contributed by atoms with Crippen LogP contribution in [0, 0.1) is 0 Å². The number of aromatic nitrogens is 2. The SMILES string of the molecule is Cn1cncc1C1CCNC1Cc1ccccc1. The number of hydrogen-bond donors (Lipinski definition) is 1. The molecule has 1 aliphatic rings. The molecule has 0 radical (unpaired) electrons. The highest BCUT2D eigenvalue weighted by Crippen LogP contribution is 2.29. The van der Waals surface area contributed by atoms with Gasteiger partial charge in [0.2, 0.25) is 0 Å². The summed E-state index contributed by atoms with van der Waals surface area (Å²) in [6, 6.07) is 11.3. The highest BCUT2D eigenvalue weighted by atomic mass is 15.0. The van der Waals surface area contributed by atoms with E-state index in [9.17, 15) is 0 Å². The van der Waals surface area contributed by atoms with Crippen LogP contribution in [0.3, 0.4) is 0 Å². The molecular formula is C15H19N3. The van der Waals surface area contributed by atoms with Crippen molar-refractivity contribution in [2.24, 2.45) is 7.05 Å². The highest BCUT2D eigenvalue weighted by molar-refractivity contribution is 5.20. The summed E-state index contributed by atoms with van der Waals surface area (Å²) >= 11 is 0. The minimum Gasteiger partial charge on any atom is -0.337 e. The van der Waals surface area contributed by atoms with Gasteiger partial charge in [-0.05, 0) is 24.9 Å². The average Bonchev–Trinajstić information content (AvgIpc) is 2.99. The number of nitrogens with zero attached hydrogens (tertiary/aromatic N) is 2. The first-order chi connectivity index (χ1) is 8.84. The van der Waals surface area contributed by atoms with Gasteiger partial charge >= 0.3 is 0 Å². The fourth-order valence-corrected chi connectivity index (χ4v) is 2.93. The first kappa shape index (κ1) is 11.5. The molecule has 0 aliphatic carbocycles. The maximum absolute atomic E-state index is 4.24. The van der Waals surface area contributed by atoms with E-state index < -0.39 is 0 Å². The zero-order valence-corrected chi connectivity index (χ0v) is 10.7. The van der Waals surface area contributed by atoms with Gasteiger partial charge in [0.25, 0.3) is 0 Å². The lowest BCUT2D eigenvalue weighted by Gasteiger charge is -2.20. The predicted octanol–water partition coefficient (Wildman–Crippen LogP) is 2.11. The zero-order valence-electron chi connectivity index (χ0n) is 10.7. The van der Waals surface area contributed by atoms with Crippen LogP contribution >= 0.6 is 0 Å². The number of rotatable bonds is 3. The van der Waals surface area contributed by atoms with Gasteiger partial charge in [-0.3, -0.25) is 0 Å². The Morgan fingerprint density at radius 2 is 2.17 bits per heavy atom. The Morgan fingerprint density at radius 1 is 1.33 bits per heavy atom. The summed E-state index contributed by atoms with van der Waals surface area (Å²) in [6.45, 7) is 1.10. The van der Waals surface area contributed by atoms with Crippen molar-refractivity contribution in [2.75, 3.05) is 6.54 Å². The molecule has 2 heterocycles. The maximum atomic E-state index is 4.24. The molecule has 1 aliphatic heterocycles. The Bertz CT molecular complexity index is 503. The van der Waals surface area contributed by atoms with E-state index in [4.69, 9.17) is 0 Å². The number of hydrogen-bond acceptors (Lipinski definition) is 2. The molecule has 1 fully saturated rings. The number of nitrogens with one attached hydrogen (secondary N) is 1. The normalized spacial score (nSPS) is 23.4. The van der Waals surface area contributed by atoms with Gasteiger partial charge in [0.15, 0.2) is 0 Å². The van der Waals surface area contributed by atoms with Crippen molar-refractivity contribution in [1.29, 1.82) is 0 Å². The predicted molar refractivity (Wildman–Crippen MR) is 72.5 cm³/mol. The van der Waals surface area contributed by atoms with Crippen LogP contribution in [0.1, 0.15) is 23.6 Å². The van der Waals surface area contributed by atoms with E-state index in [1.54, 1.807) is 0 Å². The first-order valence-electron chi connectivity index (χ1n) is 6.58. The molecule has 2 atom stereocenters. The third-order valence-corrected chi connectivity index (χ3v) is 3.88. The topological polar surface area (TPSA) is 29.9 Å². The van der Waals surface area contributed by atoms with Crippen molar-refractivity contribution in [3.05, 3.63) is 54.1 Å². The monoisotopic (exact) mass is 241 g/mol. The lowest BCUT2D eigenvalue weighted by molar-refractivity contribution is 0.523. The largest absolute Gasteiger partial charge is 0.337 e. The molecule has 0 spiro atoms. The van der Waals surface area contributed by atoms with Crippen molar-refractivity contribution in [1.82, 2.24) is 14.9 Å². The second kappa shape index (κ2) is 4.94. The van der Waals surface area contributed by atoms with Crippen LogP contribution in [0.15, 0.2) is 42.9 Å². The lowest BCUT2D eigenvalue weighted by Crippen LogP contribution is -2.29. The molecule has 0 saturated carbocycles. The number of imidazole rings is 1. The molecule has 2 unspecified atom stereocenters. The van der Waals surface area contributed by atoms with Gasteiger partial charge in [0.1, 0.15) is 0 Å². The van der Waals surface area contributed by atoms with E-state index in [1.165, 1.54) is 17.7 Å². The smallest absolute Gasteiger partial charge is 0.0945 e. The Balaban J connectivity index is 1.78. The minimum absolute atomic E-state index is 0.530. The van der Waals surface area contributed by atoms with Crippen LogP contribution in [-0.2, 0) is 13.5 Å². The molecule has 0 amide bonds. The summed E-state index contributed by atoms with van der Waals surface area (Å²) < 4.78 is 2.15. The van der Waals surface area contributed by atoms with Gasteiger partial charge in [0.05, 0.1) is 6.33 Å². The van der Waals surface area contributed by atoms with Crippen LogP contribution < -0.4 is 5.32 Å². The Morgan fingerprint density at radius 3 is 2.89 bits per heavy atom. The maximum Gasteiger partial charge on any atom is 0.0945 e. The van der Waals surface area contributed by atoms with Gasteiger partial charge in [-0.25, -0.2) is 4.98 Å². The van der Waals surface area contributed by atoms with Crippen molar-refractivity contribution < 1.29 is 0 Å². The molecule has 1 aromatic heterocycles. The summed E-state index contributed by atoms with van der Waals surface area (Å²) in [5.41, 5.74) is 2.75. The Labute approximate surface area is 108 Å². The van der Waals surface area contributed by atoms with Gasteiger partial charge in [-0.2, -0.15) is 0 Å². The third-order valence-electron chi connectivity index (χ3n) is 3.88. The summed E-state index contributed by atoms with van der Waals surface area (Å²) in [4.78, 5) is 4.24. The summed E-state index contributed by atoms with van der Waals surface area (Å²) in [5.74, 6) is 0.581. The van der Waals surface area contributed by atoms with E-state index >= 15 is 0 Å². The molecule has 2 aromatic rings. The number of aryl methyl sites for hydroxylation is 1. The Hall–Kier alpha value is -1.61. The second-order valence-electron chi connectivity index (χ2n) is 5.07. The summed E-state index contributed by atoms with van der Waals surface area (Å²) in [6.07, 6.45) is 6.20. The Kier molecular flexibility index (Phi) is 3.15. The van der Waals surface area contributed by atoms with E-state index in [0.29, 0.717) is 12.0 Å². The highest BCUT2D eigenvalue weighted by Gasteiger charge is 2.29. The standard InChI is InChI=1S/C15H19N3/c1-18-11-16-10-15(18)13-7-8-17-14(13)9-12-5-3-2-4-6-12/h2-6,10-11,13-14,17H,7-9H2,1H3. The van der Waals surface area contributed by atoms with E-state index in [0.717, 1.165) is 13.0 Å². The van der Waals surface area contributed by atoms with Crippen LogP contribution in [0.5, 0.6) is 0 Å². The quantitative estimate of drug-likeness (QED) is 0.892. The van der Waals surface area contributed by atoms with Crippen molar-refractivity contribution in [2.45, 2.75) is 24.8 Å². The summed E-state index contributed by atoms with van der Waals surface area (Å²) in [5, 5.41) is 3.63. The minimum atomic E-state index is 0.530. The lowest BCUT2D eigenvalue weighted by atomic mass is 9.92. The fourth-order valence-electron chi connectivity index (χ4n) is 2.93. The molecule has 3 nitrogen and oxygen atoms in total. The van der Waals surface area contributed by atoms with Gasteiger partial charge in [0, 0.05) is 30.9 Å². The molecule has 3 rings (SSSR count). The third kappa shape index (κ3) is 2.18. The van der Waals surface area contributed by atoms with Crippen LogP contribution in [0.2, 0.25) is 0 Å². The molecule has 0 bridgehead atoms. The van der Waals surface area contributed by atoms with Crippen LogP contribution in [0.25, 0.3) is 0 Å². The van der Waals surface area contributed by atoms with E-state index in [1.807, 2.05) is 12.5 Å². The molecule has 3 heteroatoms. The second-order valence-corrected chi connectivity index (χ2v) is 5.07. The van der Waals surface area contributed by atoms with Crippen LogP contribution in [-0.4, -0.2) is 22.1 Å². The van der Waals surface area contributed by atoms with Crippen LogP contribution in [0.4, 0.5) is 0 Å².